The monoisotopic (exact) mass is 575 g/mol. The number of alkyl halides is 3. The van der Waals surface area contributed by atoms with Gasteiger partial charge in [0.25, 0.3) is 0 Å². The molecule has 4 heterocycles. The molecule has 0 aliphatic carbocycles. The van der Waals surface area contributed by atoms with Crippen molar-refractivity contribution < 1.29 is 18.0 Å². The van der Waals surface area contributed by atoms with E-state index in [1.807, 2.05) is 23.9 Å². The summed E-state index contributed by atoms with van der Waals surface area (Å²) in [5.41, 5.74) is 0.679. The standard InChI is InChI=1S/C26H29ClF3N9O/c1-36-9-3-4-21(36)24(40)37(2)18-7-10-38(11-8-18)25-34-22(33-20-6-5-17(27)12-16(20)13-31)19-14-32-39(23(19)35-25)15-26(28,29)30/h5-6,12,14,18,21H,3-4,7-11,15H2,1-2H3,(H,33,34,35). The van der Waals surface area contributed by atoms with Gasteiger partial charge < -0.3 is 15.1 Å². The predicted molar refractivity (Wildman–Crippen MR) is 144 cm³/mol. The minimum absolute atomic E-state index is 0.0241. The van der Waals surface area contributed by atoms with E-state index in [2.05, 4.69) is 31.4 Å². The van der Waals surface area contributed by atoms with Gasteiger partial charge in [-0.2, -0.15) is 33.5 Å². The lowest BCUT2D eigenvalue weighted by atomic mass is 10.0. The number of rotatable bonds is 6. The lowest BCUT2D eigenvalue weighted by Gasteiger charge is -2.38. The number of nitriles is 1. The van der Waals surface area contributed by atoms with Gasteiger partial charge in [-0.05, 0) is 57.5 Å². The number of carbonyl (C=O) groups excluding carboxylic acids is 1. The summed E-state index contributed by atoms with van der Waals surface area (Å²) in [7, 11) is 3.81. The molecule has 2 fully saturated rings. The van der Waals surface area contributed by atoms with Gasteiger partial charge in [0.2, 0.25) is 11.9 Å². The molecule has 0 spiro atoms. The van der Waals surface area contributed by atoms with E-state index in [0.717, 1.165) is 24.1 Å². The minimum Gasteiger partial charge on any atom is -0.341 e. The summed E-state index contributed by atoms with van der Waals surface area (Å²) in [5.74, 6) is 0.593. The van der Waals surface area contributed by atoms with Gasteiger partial charge in [0.15, 0.2) is 5.65 Å². The van der Waals surface area contributed by atoms with Gasteiger partial charge in [0, 0.05) is 31.2 Å². The third-order valence-corrected chi connectivity index (χ3v) is 7.85. The Kier molecular flexibility index (Phi) is 7.74. The lowest BCUT2D eigenvalue weighted by Crippen LogP contribution is -2.50. The largest absolute Gasteiger partial charge is 0.408 e. The van der Waals surface area contributed by atoms with Crippen LogP contribution >= 0.6 is 11.6 Å². The van der Waals surface area contributed by atoms with E-state index < -0.39 is 12.7 Å². The molecular weight excluding hydrogens is 547 g/mol. The molecule has 2 aromatic heterocycles. The molecule has 1 N–H and O–H groups in total. The van der Waals surface area contributed by atoms with Crippen LogP contribution in [0, 0.1) is 11.3 Å². The van der Waals surface area contributed by atoms with Gasteiger partial charge in [0.1, 0.15) is 18.4 Å². The van der Waals surface area contributed by atoms with Gasteiger partial charge in [-0.1, -0.05) is 11.6 Å². The molecule has 1 amide bonds. The molecule has 1 unspecified atom stereocenters. The number of aromatic nitrogens is 4. The SMILES string of the molecule is CN1CCCC1C(=O)N(C)C1CCN(c2nc(Nc3ccc(Cl)cc3C#N)c3cnn(CC(F)(F)F)c3n2)CC1. The zero-order valence-electron chi connectivity index (χ0n) is 22.1. The van der Waals surface area contributed by atoms with E-state index >= 15 is 0 Å². The molecule has 2 aliphatic heterocycles. The van der Waals surface area contributed by atoms with Crippen molar-refractivity contribution in [3.63, 3.8) is 0 Å². The molecule has 2 aliphatic rings. The van der Waals surface area contributed by atoms with Crippen LogP contribution in [0.4, 0.5) is 30.6 Å². The van der Waals surface area contributed by atoms with E-state index in [1.54, 1.807) is 12.1 Å². The first kappa shape index (κ1) is 27.9. The van der Waals surface area contributed by atoms with Crippen molar-refractivity contribution in [1.29, 1.82) is 5.26 Å². The number of anilines is 3. The molecule has 0 bridgehead atoms. The number of likely N-dealkylation sites (tertiary alicyclic amines) is 1. The molecular formula is C26H29ClF3N9O. The van der Waals surface area contributed by atoms with Crippen molar-refractivity contribution in [2.45, 2.75) is 50.5 Å². The maximum absolute atomic E-state index is 13.3. The van der Waals surface area contributed by atoms with Gasteiger partial charge in [-0.25, -0.2) is 4.68 Å². The Morgan fingerprint density at radius 2 is 1.98 bits per heavy atom. The number of halogens is 4. The summed E-state index contributed by atoms with van der Waals surface area (Å²) in [5, 5.41) is 17.2. The summed E-state index contributed by atoms with van der Waals surface area (Å²) < 4.78 is 40.7. The van der Waals surface area contributed by atoms with Crippen molar-refractivity contribution in [2.75, 3.05) is 43.9 Å². The molecule has 1 aromatic carbocycles. The minimum atomic E-state index is -4.50. The van der Waals surface area contributed by atoms with Crippen LogP contribution < -0.4 is 10.2 Å². The van der Waals surface area contributed by atoms with Crippen LogP contribution in [0.5, 0.6) is 0 Å². The number of amides is 1. The zero-order chi connectivity index (χ0) is 28.6. The molecule has 0 saturated carbocycles. The first-order chi connectivity index (χ1) is 19.0. The fourth-order valence-electron chi connectivity index (χ4n) is 5.40. The van der Waals surface area contributed by atoms with Gasteiger partial charge in [-0.15, -0.1) is 0 Å². The van der Waals surface area contributed by atoms with Crippen molar-refractivity contribution in [1.82, 2.24) is 29.5 Å². The molecule has 10 nitrogen and oxygen atoms in total. The Hall–Kier alpha value is -3.63. The highest BCUT2D eigenvalue weighted by Crippen LogP contribution is 2.31. The predicted octanol–water partition coefficient (Wildman–Crippen LogP) is 4.18. The Bertz CT molecular complexity index is 1450. The number of fused-ring (bicyclic) bond motifs is 1. The first-order valence-corrected chi connectivity index (χ1v) is 13.4. The molecule has 212 valence electrons. The highest BCUT2D eigenvalue weighted by atomic mass is 35.5. The van der Waals surface area contributed by atoms with E-state index in [1.165, 1.54) is 12.3 Å². The number of benzene rings is 1. The fraction of sp³-hybridized carbons (Fsp3) is 0.500. The third-order valence-electron chi connectivity index (χ3n) is 7.62. The number of nitrogens with one attached hydrogen (secondary N) is 1. The van der Waals surface area contributed by atoms with E-state index in [-0.39, 0.29) is 46.4 Å². The van der Waals surface area contributed by atoms with E-state index in [0.29, 0.717) is 36.6 Å². The zero-order valence-corrected chi connectivity index (χ0v) is 22.9. The number of likely N-dealkylation sites (N-methyl/N-ethyl adjacent to an activating group) is 2. The Balaban J connectivity index is 1.42. The Labute approximate surface area is 234 Å². The number of hydrogen-bond donors (Lipinski definition) is 1. The molecule has 40 heavy (non-hydrogen) atoms. The van der Waals surface area contributed by atoms with Crippen LogP contribution in [0.15, 0.2) is 24.4 Å². The Morgan fingerprint density at radius 1 is 1.23 bits per heavy atom. The summed E-state index contributed by atoms with van der Waals surface area (Å²) in [4.78, 5) is 28.0. The van der Waals surface area contributed by atoms with Crippen LogP contribution in [0.3, 0.4) is 0 Å². The summed E-state index contributed by atoms with van der Waals surface area (Å²) in [6.45, 7) is 0.647. The summed E-state index contributed by atoms with van der Waals surface area (Å²) in [6, 6.07) is 6.70. The fourth-order valence-corrected chi connectivity index (χ4v) is 5.57. The highest BCUT2D eigenvalue weighted by Gasteiger charge is 2.35. The molecule has 14 heteroatoms. The van der Waals surface area contributed by atoms with Crippen LogP contribution in [0.25, 0.3) is 11.0 Å². The normalized spacial score (nSPS) is 18.7. The van der Waals surface area contributed by atoms with Crippen LogP contribution in [0.1, 0.15) is 31.2 Å². The van der Waals surface area contributed by atoms with E-state index in [4.69, 9.17) is 11.6 Å². The number of carbonyl (C=O) groups is 1. The Morgan fingerprint density at radius 3 is 2.62 bits per heavy atom. The van der Waals surface area contributed by atoms with Crippen molar-refractivity contribution in [3.05, 3.63) is 35.0 Å². The van der Waals surface area contributed by atoms with E-state index in [9.17, 15) is 23.2 Å². The van der Waals surface area contributed by atoms with Crippen LogP contribution in [-0.2, 0) is 11.3 Å². The molecule has 1 atom stereocenters. The molecule has 3 aromatic rings. The molecule has 0 radical (unpaired) electrons. The van der Waals surface area contributed by atoms with Crippen molar-refractivity contribution in [3.8, 4) is 6.07 Å². The van der Waals surface area contributed by atoms with Crippen molar-refractivity contribution in [2.24, 2.45) is 0 Å². The third kappa shape index (κ3) is 5.78. The topological polar surface area (TPSA) is 106 Å². The molecule has 2 saturated heterocycles. The van der Waals surface area contributed by atoms with Gasteiger partial charge in [0.05, 0.1) is 28.9 Å². The average molecular weight is 576 g/mol. The second-order valence-electron chi connectivity index (χ2n) is 10.3. The van der Waals surface area contributed by atoms with Crippen LogP contribution in [-0.4, -0.2) is 87.4 Å². The number of piperidine rings is 1. The second kappa shape index (κ2) is 11.1. The summed E-state index contributed by atoms with van der Waals surface area (Å²) in [6.07, 6.45) is -0.0193. The van der Waals surface area contributed by atoms with Crippen LogP contribution in [0.2, 0.25) is 5.02 Å². The first-order valence-electron chi connectivity index (χ1n) is 13.0. The number of nitrogens with zero attached hydrogens (tertiary/aromatic N) is 8. The van der Waals surface area contributed by atoms with Gasteiger partial charge in [-0.3, -0.25) is 9.69 Å². The maximum atomic E-state index is 13.3. The quantitative estimate of drug-likeness (QED) is 0.467. The number of hydrogen-bond acceptors (Lipinski definition) is 8. The lowest BCUT2D eigenvalue weighted by molar-refractivity contribution is -0.142. The maximum Gasteiger partial charge on any atom is 0.408 e. The van der Waals surface area contributed by atoms with Gasteiger partial charge >= 0.3 is 6.18 Å². The molecule has 5 rings (SSSR count). The highest BCUT2D eigenvalue weighted by molar-refractivity contribution is 6.30. The average Bonchev–Trinajstić information content (AvgIpc) is 3.53. The van der Waals surface area contributed by atoms with Crippen molar-refractivity contribution >= 4 is 46.0 Å². The smallest absolute Gasteiger partial charge is 0.341 e. The summed E-state index contributed by atoms with van der Waals surface area (Å²) >= 11 is 6.02. The second-order valence-corrected chi connectivity index (χ2v) is 10.7.